The van der Waals surface area contributed by atoms with Crippen molar-refractivity contribution in [2.45, 2.75) is 83.5 Å². The quantitative estimate of drug-likeness (QED) is 0.290. The SMILES string of the molecule is Cc1nc(NNC(=O)[C@H](CC2CCCC2)CN(C=O)OC2CCCCO2)c(F)c(N2CC(O)C3(CC3)C2)n1. The summed E-state index contributed by atoms with van der Waals surface area (Å²) in [5.74, 6) is -0.902. The molecule has 4 fully saturated rings. The third-order valence-electron chi connectivity index (χ3n) is 8.42. The Morgan fingerprint density at radius 1 is 1.29 bits per heavy atom. The summed E-state index contributed by atoms with van der Waals surface area (Å²) in [6.45, 7) is 3.16. The molecule has 2 unspecified atom stereocenters. The Balaban J connectivity index is 1.24. The van der Waals surface area contributed by atoms with Gasteiger partial charge < -0.3 is 14.7 Å². The van der Waals surface area contributed by atoms with Gasteiger partial charge in [-0.05, 0) is 44.9 Å². The third-order valence-corrected chi connectivity index (χ3v) is 8.42. The minimum Gasteiger partial charge on any atom is -0.391 e. The fourth-order valence-corrected chi connectivity index (χ4v) is 6.01. The summed E-state index contributed by atoms with van der Waals surface area (Å²) in [5, 5.41) is 11.6. The standard InChI is InChI=1S/C26H39FN6O5/c1-17-28-23(22(27)24(29-17)32-14-20(35)26(15-32)9-10-26)30-31-25(36)19(12-18-6-2-3-7-18)13-33(16-34)38-21-8-4-5-11-37-21/h16,18-21,35H,2-15H2,1H3,(H,31,36)(H,28,29,30)/t19-,20?,21?/m1/s1. The van der Waals surface area contributed by atoms with E-state index in [0.29, 0.717) is 50.7 Å². The van der Waals surface area contributed by atoms with Crippen molar-refractivity contribution >= 4 is 24.0 Å². The minimum absolute atomic E-state index is 0.0671. The molecule has 0 radical (unpaired) electrons. The average molecular weight is 535 g/mol. The van der Waals surface area contributed by atoms with Crippen LogP contribution in [-0.4, -0.2) is 71.1 Å². The first-order valence-corrected chi connectivity index (χ1v) is 13.9. The molecule has 4 aliphatic rings. The van der Waals surface area contributed by atoms with Crippen LogP contribution in [0.25, 0.3) is 0 Å². The number of hydrogen-bond acceptors (Lipinski definition) is 9. The second-order valence-electron chi connectivity index (χ2n) is 11.3. The fourth-order valence-electron chi connectivity index (χ4n) is 6.01. The predicted octanol–water partition coefficient (Wildman–Crippen LogP) is 2.44. The lowest BCUT2D eigenvalue weighted by Gasteiger charge is -2.30. The fraction of sp³-hybridized carbons (Fsp3) is 0.769. The monoisotopic (exact) mass is 534 g/mol. The molecule has 11 nitrogen and oxygen atoms in total. The molecule has 2 aliphatic carbocycles. The highest BCUT2D eigenvalue weighted by atomic mass is 19.1. The van der Waals surface area contributed by atoms with Crippen LogP contribution in [0.15, 0.2) is 0 Å². The van der Waals surface area contributed by atoms with Gasteiger partial charge in [0.05, 0.1) is 18.6 Å². The molecule has 5 rings (SSSR count). The number of aromatic nitrogens is 2. The Bertz CT molecular complexity index is 999. The van der Waals surface area contributed by atoms with Gasteiger partial charge in [0.25, 0.3) is 0 Å². The van der Waals surface area contributed by atoms with Crippen molar-refractivity contribution in [3.63, 3.8) is 0 Å². The van der Waals surface area contributed by atoms with Crippen molar-refractivity contribution in [3.8, 4) is 0 Å². The van der Waals surface area contributed by atoms with Gasteiger partial charge in [-0.25, -0.2) is 19.9 Å². The predicted molar refractivity (Wildman–Crippen MR) is 136 cm³/mol. The zero-order valence-electron chi connectivity index (χ0n) is 22.0. The van der Waals surface area contributed by atoms with Crippen molar-refractivity contribution in [3.05, 3.63) is 11.6 Å². The molecule has 3 atom stereocenters. The van der Waals surface area contributed by atoms with Crippen molar-refractivity contribution in [1.82, 2.24) is 20.5 Å². The summed E-state index contributed by atoms with van der Waals surface area (Å²) < 4.78 is 21.0. The van der Waals surface area contributed by atoms with Gasteiger partial charge in [-0.15, -0.1) is 0 Å². The number of carbonyl (C=O) groups is 2. The number of halogens is 1. The lowest BCUT2D eigenvalue weighted by atomic mass is 9.92. The molecular weight excluding hydrogens is 495 g/mol. The van der Waals surface area contributed by atoms with Crippen molar-refractivity contribution in [2.75, 3.05) is 36.6 Å². The van der Waals surface area contributed by atoms with E-state index in [0.717, 1.165) is 56.4 Å². The molecule has 2 aliphatic heterocycles. The molecule has 1 spiro atoms. The second kappa shape index (κ2) is 11.7. The Morgan fingerprint density at radius 2 is 2.05 bits per heavy atom. The number of hydroxylamine groups is 2. The normalized spacial score (nSPS) is 25.4. The molecule has 3 N–H and O–H groups in total. The van der Waals surface area contributed by atoms with E-state index in [1.165, 1.54) is 0 Å². The Morgan fingerprint density at radius 3 is 2.71 bits per heavy atom. The number of anilines is 2. The number of nitrogens with one attached hydrogen (secondary N) is 2. The number of amides is 2. The first-order valence-electron chi connectivity index (χ1n) is 13.9. The highest BCUT2D eigenvalue weighted by Crippen LogP contribution is 2.53. The van der Waals surface area contributed by atoms with Gasteiger partial charge in [0.2, 0.25) is 18.1 Å². The molecule has 210 valence electrons. The molecule has 1 aromatic rings. The number of aliphatic hydroxyl groups excluding tert-OH is 1. The van der Waals surface area contributed by atoms with E-state index in [2.05, 4.69) is 20.8 Å². The average Bonchev–Trinajstić information content (AvgIpc) is 3.37. The van der Waals surface area contributed by atoms with Gasteiger partial charge in [-0.1, -0.05) is 25.7 Å². The number of hydrogen-bond donors (Lipinski definition) is 3. The molecule has 12 heteroatoms. The number of aliphatic hydroxyl groups is 1. The van der Waals surface area contributed by atoms with Crippen LogP contribution in [0.1, 0.15) is 70.0 Å². The molecule has 0 aromatic carbocycles. The molecule has 2 amide bonds. The number of carbonyl (C=O) groups excluding carboxylic acids is 2. The van der Waals surface area contributed by atoms with Gasteiger partial charge in [-0.3, -0.25) is 20.4 Å². The maximum atomic E-state index is 15.5. The van der Waals surface area contributed by atoms with Crippen LogP contribution < -0.4 is 15.8 Å². The van der Waals surface area contributed by atoms with E-state index < -0.39 is 24.1 Å². The highest BCUT2D eigenvalue weighted by molar-refractivity contribution is 5.80. The van der Waals surface area contributed by atoms with Crippen LogP contribution in [0.3, 0.4) is 0 Å². The minimum atomic E-state index is -0.680. The highest BCUT2D eigenvalue weighted by Gasteiger charge is 2.55. The molecule has 2 saturated carbocycles. The third kappa shape index (κ3) is 6.18. The lowest BCUT2D eigenvalue weighted by Crippen LogP contribution is -2.43. The summed E-state index contributed by atoms with van der Waals surface area (Å²) in [7, 11) is 0. The van der Waals surface area contributed by atoms with Crippen LogP contribution in [-0.2, 0) is 19.2 Å². The van der Waals surface area contributed by atoms with Crippen LogP contribution in [0.5, 0.6) is 0 Å². The summed E-state index contributed by atoms with van der Waals surface area (Å²) in [5.41, 5.74) is 5.11. The molecule has 0 bridgehead atoms. The molecule has 2 saturated heterocycles. The Kier molecular flexibility index (Phi) is 8.29. The molecular formula is C26H39FN6O5. The topological polar surface area (TPSA) is 129 Å². The Hall–Kier alpha value is -2.57. The molecule has 1 aromatic heterocycles. The molecule has 3 heterocycles. The van der Waals surface area contributed by atoms with Gasteiger partial charge in [0.1, 0.15) is 5.82 Å². The van der Waals surface area contributed by atoms with Crippen molar-refractivity contribution < 1.29 is 28.7 Å². The van der Waals surface area contributed by atoms with Crippen molar-refractivity contribution in [1.29, 1.82) is 0 Å². The van der Waals surface area contributed by atoms with Gasteiger partial charge >= 0.3 is 0 Å². The number of hydrazine groups is 1. The maximum Gasteiger partial charge on any atom is 0.243 e. The van der Waals surface area contributed by atoms with E-state index >= 15 is 4.39 Å². The van der Waals surface area contributed by atoms with E-state index in [4.69, 9.17) is 9.57 Å². The van der Waals surface area contributed by atoms with E-state index in [-0.39, 0.29) is 29.5 Å². The lowest BCUT2D eigenvalue weighted by molar-refractivity contribution is -0.276. The summed E-state index contributed by atoms with van der Waals surface area (Å²) in [6.07, 6.45) is 8.95. The van der Waals surface area contributed by atoms with Crippen LogP contribution in [0.4, 0.5) is 16.0 Å². The number of β-amino-alcohol motifs (C(OH)–C–C–N with tert-alkyl or cyclic N) is 1. The summed E-state index contributed by atoms with van der Waals surface area (Å²) >= 11 is 0. The summed E-state index contributed by atoms with van der Waals surface area (Å²) in [6, 6.07) is 0. The zero-order valence-corrected chi connectivity index (χ0v) is 22.0. The van der Waals surface area contributed by atoms with Crippen LogP contribution in [0, 0.1) is 30.0 Å². The van der Waals surface area contributed by atoms with E-state index in [9.17, 15) is 14.7 Å². The van der Waals surface area contributed by atoms with E-state index in [1.807, 2.05) is 0 Å². The van der Waals surface area contributed by atoms with E-state index in [1.54, 1.807) is 11.8 Å². The van der Waals surface area contributed by atoms with Crippen molar-refractivity contribution in [2.24, 2.45) is 17.3 Å². The van der Waals surface area contributed by atoms with Gasteiger partial charge in [-0.2, -0.15) is 4.39 Å². The van der Waals surface area contributed by atoms with Gasteiger partial charge in [0.15, 0.2) is 17.9 Å². The van der Waals surface area contributed by atoms with Crippen LogP contribution in [0.2, 0.25) is 0 Å². The zero-order chi connectivity index (χ0) is 26.7. The Labute approximate surface area is 222 Å². The smallest absolute Gasteiger partial charge is 0.243 e. The number of aryl methyl sites for hydroxylation is 1. The van der Waals surface area contributed by atoms with Crippen LogP contribution >= 0.6 is 0 Å². The second-order valence-corrected chi connectivity index (χ2v) is 11.3. The number of ether oxygens (including phenoxy) is 1. The first-order chi connectivity index (χ1) is 18.4. The summed E-state index contributed by atoms with van der Waals surface area (Å²) in [4.78, 5) is 41.0. The number of nitrogens with zero attached hydrogens (tertiary/aromatic N) is 4. The molecule has 38 heavy (non-hydrogen) atoms. The number of rotatable bonds is 11. The first kappa shape index (κ1) is 27.0. The maximum absolute atomic E-state index is 15.5. The van der Waals surface area contributed by atoms with Gasteiger partial charge in [0, 0.05) is 31.5 Å². The largest absolute Gasteiger partial charge is 0.391 e.